The average Bonchev–Trinajstić information content (AvgIpc) is 3.47. The van der Waals surface area contributed by atoms with Crippen LogP contribution in [-0.4, -0.2) is 37.2 Å². The third-order valence-electron chi connectivity index (χ3n) is 14.8. The second-order valence-corrected chi connectivity index (χ2v) is 22.7. The van der Waals surface area contributed by atoms with E-state index in [1.54, 1.807) is 0 Å². The van der Waals surface area contributed by atoms with Gasteiger partial charge in [-0.3, -0.25) is 14.4 Å². The van der Waals surface area contributed by atoms with Crippen molar-refractivity contribution in [3.8, 4) is 0 Å². The van der Waals surface area contributed by atoms with E-state index in [2.05, 4.69) is 124 Å². The summed E-state index contributed by atoms with van der Waals surface area (Å²) in [4.78, 5) is 38.4. The number of unbranched alkanes of at least 4 members (excludes halogenated alkanes) is 33. The number of hydrogen-bond acceptors (Lipinski definition) is 6. The number of rotatable bonds is 62. The molecule has 81 heavy (non-hydrogen) atoms. The van der Waals surface area contributed by atoms with Gasteiger partial charge in [-0.05, 0) is 96.3 Å². The van der Waals surface area contributed by atoms with Gasteiger partial charge in [0, 0.05) is 19.3 Å². The highest BCUT2D eigenvalue weighted by Gasteiger charge is 2.19. The summed E-state index contributed by atoms with van der Waals surface area (Å²) in [7, 11) is 0. The van der Waals surface area contributed by atoms with Gasteiger partial charge in [-0.15, -0.1) is 0 Å². The molecule has 1 atom stereocenters. The van der Waals surface area contributed by atoms with Crippen molar-refractivity contribution in [2.24, 2.45) is 0 Å². The Morgan fingerprint density at radius 3 is 0.802 bits per heavy atom. The first-order chi connectivity index (χ1) is 40.0. The molecule has 0 saturated carbocycles. The lowest BCUT2D eigenvalue weighted by molar-refractivity contribution is -0.166. The van der Waals surface area contributed by atoms with E-state index in [1.807, 2.05) is 6.08 Å². The maximum absolute atomic E-state index is 12.9. The molecule has 0 saturated heterocycles. The van der Waals surface area contributed by atoms with E-state index < -0.39 is 6.10 Å². The Bertz CT molecular complexity index is 1620. The van der Waals surface area contributed by atoms with Gasteiger partial charge < -0.3 is 14.2 Å². The fourth-order valence-corrected chi connectivity index (χ4v) is 9.65. The maximum Gasteiger partial charge on any atom is 0.306 e. The number of hydrogen-bond donors (Lipinski definition) is 0. The molecule has 0 radical (unpaired) electrons. The molecule has 0 aromatic rings. The Balaban J connectivity index is 4.44. The molecule has 0 aromatic heterocycles. The first-order valence-electron chi connectivity index (χ1n) is 34.4. The predicted octanol–water partition coefficient (Wildman–Crippen LogP) is 23.8. The van der Waals surface area contributed by atoms with Crippen LogP contribution in [0.5, 0.6) is 0 Å². The molecule has 0 amide bonds. The minimum absolute atomic E-state index is 0.108. The Morgan fingerprint density at radius 2 is 0.506 bits per heavy atom. The maximum atomic E-state index is 12.9. The van der Waals surface area contributed by atoms with Crippen molar-refractivity contribution in [2.75, 3.05) is 13.2 Å². The van der Waals surface area contributed by atoms with Crippen molar-refractivity contribution in [1.29, 1.82) is 0 Å². The number of carbonyl (C=O) groups excluding carboxylic acids is 3. The minimum Gasteiger partial charge on any atom is -0.462 e. The van der Waals surface area contributed by atoms with Crippen LogP contribution >= 0.6 is 0 Å². The van der Waals surface area contributed by atoms with Crippen molar-refractivity contribution < 1.29 is 28.6 Å². The van der Waals surface area contributed by atoms with E-state index in [4.69, 9.17) is 14.2 Å². The summed E-state index contributed by atoms with van der Waals surface area (Å²) < 4.78 is 16.9. The van der Waals surface area contributed by atoms with Gasteiger partial charge in [0.2, 0.25) is 0 Å². The molecule has 6 nitrogen and oxygen atoms in total. The fourth-order valence-electron chi connectivity index (χ4n) is 9.65. The zero-order valence-corrected chi connectivity index (χ0v) is 53.3. The fraction of sp³-hybridized carbons (Fsp3) is 0.720. The van der Waals surface area contributed by atoms with Crippen LogP contribution in [-0.2, 0) is 28.6 Å². The lowest BCUT2D eigenvalue weighted by Gasteiger charge is -2.18. The molecular weight excluding hydrogens is 997 g/mol. The van der Waals surface area contributed by atoms with Gasteiger partial charge in [-0.25, -0.2) is 0 Å². The summed E-state index contributed by atoms with van der Waals surface area (Å²) in [6.07, 6.45) is 94.0. The second-order valence-electron chi connectivity index (χ2n) is 22.7. The predicted molar refractivity (Wildman–Crippen MR) is 353 cm³/mol. The molecule has 0 aliphatic rings. The quantitative estimate of drug-likeness (QED) is 0.0261. The van der Waals surface area contributed by atoms with Crippen LogP contribution in [0.15, 0.2) is 109 Å². The summed E-state index contributed by atoms with van der Waals surface area (Å²) in [5, 5.41) is 0. The second kappa shape index (κ2) is 68.6. The minimum atomic E-state index is -0.822. The number of esters is 3. The molecule has 1 unspecified atom stereocenters. The first-order valence-corrected chi connectivity index (χ1v) is 34.4. The first kappa shape index (κ1) is 77.1. The van der Waals surface area contributed by atoms with Crippen LogP contribution in [0.1, 0.15) is 329 Å². The van der Waals surface area contributed by atoms with E-state index in [9.17, 15) is 14.4 Å². The van der Waals surface area contributed by atoms with Crippen molar-refractivity contribution in [3.05, 3.63) is 109 Å². The molecule has 0 aromatic carbocycles. The van der Waals surface area contributed by atoms with Gasteiger partial charge in [0.05, 0.1) is 0 Å². The highest BCUT2D eigenvalue weighted by atomic mass is 16.6. The normalized spacial score (nSPS) is 12.8. The van der Waals surface area contributed by atoms with Gasteiger partial charge in [0.25, 0.3) is 0 Å². The summed E-state index contributed by atoms with van der Waals surface area (Å²) in [5.74, 6) is -0.983. The molecule has 0 aliphatic carbocycles. The van der Waals surface area contributed by atoms with Crippen LogP contribution in [0, 0.1) is 0 Å². The van der Waals surface area contributed by atoms with Crippen LogP contribution < -0.4 is 0 Å². The monoisotopic (exact) mass is 1120 g/mol. The standard InChI is InChI=1S/C75H128O6/c1-4-7-10-13-16-19-22-25-28-31-34-35-36-37-38-39-42-44-47-50-53-56-59-62-65-68-74(77)80-71-72(81-75(78)69-66-63-60-57-54-51-48-45-41-33-30-27-24-21-18-15-12-9-6-3)70-79-73(76)67-64-61-58-55-52-49-46-43-40-32-29-26-23-20-17-14-11-8-5-2/h9,12,18,21-22,25,27,30-31,34,36-37,41,45,51,54,60,63,72H,4-8,10-11,13-17,19-20,23-24,26,28-29,32-33,35,38-40,42-44,46-50,52-53,55-59,61-62,64-71H2,1-3H3/b12-9-,21-18-,25-22-,30-27-,34-31-,37-36-,45-41-,54-51-,63-60-. The van der Waals surface area contributed by atoms with Gasteiger partial charge in [-0.1, -0.05) is 323 Å². The lowest BCUT2D eigenvalue weighted by Crippen LogP contribution is -2.30. The van der Waals surface area contributed by atoms with Crippen molar-refractivity contribution in [3.63, 3.8) is 0 Å². The summed E-state index contributed by atoms with van der Waals surface area (Å²) in [5.41, 5.74) is 0. The topological polar surface area (TPSA) is 78.9 Å². The lowest BCUT2D eigenvalue weighted by atomic mass is 10.0. The molecule has 0 N–H and O–H groups in total. The van der Waals surface area contributed by atoms with Gasteiger partial charge in [0.1, 0.15) is 13.2 Å². The van der Waals surface area contributed by atoms with E-state index in [0.717, 1.165) is 89.9 Å². The van der Waals surface area contributed by atoms with E-state index in [1.165, 1.54) is 193 Å². The van der Waals surface area contributed by atoms with Gasteiger partial charge in [0.15, 0.2) is 6.10 Å². The Morgan fingerprint density at radius 1 is 0.259 bits per heavy atom. The number of allylic oxidation sites excluding steroid dienone is 18. The van der Waals surface area contributed by atoms with Gasteiger partial charge >= 0.3 is 17.9 Å². The Kier molecular flexibility index (Phi) is 65.2. The van der Waals surface area contributed by atoms with Gasteiger partial charge in [-0.2, -0.15) is 0 Å². The summed E-state index contributed by atoms with van der Waals surface area (Å²) in [6.45, 7) is 6.49. The SMILES string of the molecule is CC/C=C\C/C=C\C/C=C\C/C=C\C/C=C\C/C=C\CCC(=O)OC(COC(=O)CCCCCCCCCCCC/C=C\C/C=C\C/C=C\CCCCCCC)COC(=O)CCCCCCCCCCCCCCCCCCCCC. The molecule has 0 rings (SSSR count). The van der Waals surface area contributed by atoms with Crippen LogP contribution in [0.2, 0.25) is 0 Å². The van der Waals surface area contributed by atoms with Crippen molar-refractivity contribution >= 4 is 17.9 Å². The number of ether oxygens (including phenoxy) is 3. The highest BCUT2D eigenvalue weighted by Crippen LogP contribution is 2.17. The van der Waals surface area contributed by atoms with Crippen LogP contribution in [0.4, 0.5) is 0 Å². The van der Waals surface area contributed by atoms with Crippen LogP contribution in [0.3, 0.4) is 0 Å². The van der Waals surface area contributed by atoms with E-state index in [-0.39, 0.29) is 37.5 Å². The third kappa shape index (κ3) is 66.8. The molecule has 0 aliphatic heterocycles. The summed E-state index contributed by atoms with van der Waals surface area (Å²) in [6, 6.07) is 0. The molecular formula is C75H128O6. The van der Waals surface area contributed by atoms with Crippen molar-refractivity contribution in [2.45, 2.75) is 335 Å². The van der Waals surface area contributed by atoms with Crippen LogP contribution in [0.25, 0.3) is 0 Å². The Labute approximate surface area is 501 Å². The Hall–Kier alpha value is -3.93. The summed E-state index contributed by atoms with van der Waals surface area (Å²) >= 11 is 0. The number of carbonyl (C=O) groups is 3. The average molecular weight is 1130 g/mol. The molecule has 6 heteroatoms. The molecule has 0 bridgehead atoms. The molecule has 0 fully saturated rings. The molecule has 0 heterocycles. The smallest absolute Gasteiger partial charge is 0.306 e. The zero-order chi connectivity index (χ0) is 58.5. The van der Waals surface area contributed by atoms with E-state index >= 15 is 0 Å². The molecule has 0 spiro atoms. The van der Waals surface area contributed by atoms with Crippen molar-refractivity contribution in [1.82, 2.24) is 0 Å². The third-order valence-corrected chi connectivity index (χ3v) is 14.8. The zero-order valence-electron chi connectivity index (χ0n) is 53.3. The largest absolute Gasteiger partial charge is 0.462 e. The van der Waals surface area contributed by atoms with E-state index in [0.29, 0.717) is 19.3 Å². The molecule has 464 valence electrons. The highest BCUT2D eigenvalue weighted by molar-refractivity contribution is 5.71.